The molecule has 0 spiro atoms. The predicted molar refractivity (Wildman–Crippen MR) is 57.2 cm³/mol. The van der Waals surface area contributed by atoms with Gasteiger partial charge in [-0.3, -0.25) is 0 Å². The van der Waals surface area contributed by atoms with Crippen molar-refractivity contribution in [2.45, 2.75) is 6.04 Å². The van der Waals surface area contributed by atoms with Gasteiger partial charge in [0.1, 0.15) is 0 Å². The molecule has 0 aliphatic rings. The van der Waals surface area contributed by atoms with Crippen molar-refractivity contribution in [3.05, 3.63) is 47.3 Å². The Kier molecular flexibility index (Phi) is 3.21. The minimum Gasteiger partial charge on any atom is -0.308 e. The first-order valence-electron chi connectivity index (χ1n) is 4.62. The molecule has 0 fully saturated rings. The van der Waals surface area contributed by atoms with Crippen molar-refractivity contribution >= 4 is 11.7 Å². The quantitative estimate of drug-likeness (QED) is 0.894. The summed E-state index contributed by atoms with van der Waals surface area (Å²) in [5, 5.41) is 2.98. The van der Waals surface area contributed by atoms with E-state index in [1.807, 2.05) is 0 Å². The number of rotatable bonds is 3. The summed E-state index contributed by atoms with van der Waals surface area (Å²) in [5.41, 5.74) is 1.31. The number of nitrogens with zero attached hydrogens (tertiary/aromatic N) is 2. The fourth-order valence-corrected chi connectivity index (χ4v) is 1.93. The van der Waals surface area contributed by atoms with Crippen molar-refractivity contribution in [3.63, 3.8) is 0 Å². The fourth-order valence-electron chi connectivity index (χ4n) is 1.48. The molecule has 1 unspecified atom stereocenters. The number of halogens is 2. The van der Waals surface area contributed by atoms with Crippen LogP contribution in [0.5, 0.6) is 0 Å². The molecule has 1 N–H and O–H groups in total. The molecule has 2 rings (SSSR count). The van der Waals surface area contributed by atoms with Crippen LogP contribution in [0.25, 0.3) is 0 Å². The molecule has 0 aliphatic carbocycles. The Morgan fingerprint density at radius 1 is 1.31 bits per heavy atom. The highest BCUT2D eigenvalue weighted by Gasteiger charge is 2.16. The zero-order valence-corrected chi connectivity index (χ0v) is 9.26. The molecule has 3 nitrogen and oxygen atoms in total. The van der Waals surface area contributed by atoms with E-state index in [1.165, 1.54) is 6.07 Å². The third kappa shape index (κ3) is 2.07. The van der Waals surface area contributed by atoms with Gasteiger partial charge >= 0.3 is 0 Å². The van der Waals surface area contributed by atoms with Crippen LogP contribution in [0.1, 0.15) is 17.3 Å². The monoisotopic (exact) mass is 241 g/mol. The van der Waals surface area contributed by atoms with Crippen LogP contribution in [-0.4, -0.2) is 15.8 Å². The second-order valence-electron chi connectivity index (χ2n) is 3.23. The number of benzene rings is 1. The first-order valence-corrected chi connectivity index (χ1v) is 5.35. The number of hydrogen-bond donors (Lipinski definition) is 1. The molecule has 1 aromatic carbocycles. The smallest absolute Gasteiger partial charge is 0.159 e. The lowest BCUT2D eigenvalue weighted by Gasteiger charge is -2.13. The molecule has 0 radical (unpaired) electrons. The first-order chi connectivity index (χ1) is 7.72. The Hall–Kier alpha value is -1.40. The van der Waals surface area contributed by atoms with Gasteiger partial charge < -0.3 is 5.32 Å². The maximum absolute atomic E-state index is 13.1. The van der Waals surface area contributed by atoms with E-state index in [2.05, 4.69) is 14.1 Å². The second kappa shape index (κ2) is 4.63. The standard InChI is InChI=1S/C10H9F2N3S/c1-13-10(9-5-14-16-15-9)6-2-3-7(11)8(12)4-6/h2-5,10,13H,1H3. The summed E-state index contributed by atoms with van der Waals surface area (Å²) >= 11 is 1.08. The van der Waals surface area contributed by atoms with Crippen LogP contribution >= 0.6 is 11.7 Å². The highest BCUT2D eigenvalue weighted by Crippen LogP contribution is 2.21. The molecule has 84 valence electrons. The third-order valence-electron chi connectivity index (χ3n) is 2.24. The second-order valence-corrected chi connectivity index (χ2v) is 3.78. The van der Waals surface area contributed by atoms with Gasteiger partial charge in [-0.25, -0.2) is 8.78 Å². The topological polar surface area (TPSA) is 37.8 Å². The van der Waals surface area contributed by atoms with E-state index in [4.69, 9.17) is 0 Å². The summed E-state index contributed by atoms with van der Waals surface area (Å²) in [4.78, 5) is 0. The maximum Gasteiger partial charge on any atom is 0.159 e. The first kappa shape index (κ1) is 11.1. The maximum atomic E-state index is 13.1. The molecular weight excluding hydrogens is 232 g/mol. The van der Waals surface area contributed by atoms with Gasteiger partial charge in [0.25, 0.3) is 0 Å². The molecule has 0 bridgehead atoms. The van der Waals surface area contributed by atoms with Gasteiger partial charge in [-0.1, -0.05) is 6.07 Å². The van der Waals surface area contributed by atoms with Crippen LogP contribution < -0.4 is 5.32 Å². The van der Waals surface area contributed by atoms with Gasteiger partial charge in [0.05, 0.1) is 29.7 Å². The summed E-state index contributed by atoms with van der Waals surface area (Å²) in [6.45, 7) is 0. The lowest BCUT2D eigenvalue weighted by molar-refractivity contribution is 0.504. The van der Waals surface area contributed by atoms with Crippen LogP contribution in [0.2, 0.25) is 0 Å². The molecule has 2 aromatic rings. The highest BCUT2D eigenvalue weighted by molar-refractivity contribution is 6.99. The Morgan fingerprint density at radius 3 is 2.69 bits per heavy atom. The van der Waals surface area contributed by atoms with E-state index < -0.39 is 11.6 Å². The van der Waals surface area contributed by atoms with Crippen molar-refractivity contribution in [2.75, 3.05) is 7.05 Å². The average molecular weight is 241 g/mol. The van der Waals surface area contributed by atoms with Gasteiger partial charge in [0.2, 0.25) is 0 Å². The van der Waals surface area contributed by atoms with Crippen molar-refractivity contribution < 1.29 is 8.78 Å². The minimum atomic E-state index is -0.860. The Bertz CT molecular complexity index is 473. The van der Waals surface area contributed by atoms with Crippen LogP contribution in [0.3, 0.4) is 0 Å². The summed E-state index contributed by atoms with van der Waals surface area (Å²) in [7, 11) is 1.73. The van der Waals surface area contributed by atoms with Gasteiger partial charge in [-0.15, -0.1) is 0 Å². The van der Waals surface area contributed by atoms with Gasteiger partial charge in [0, 0.05) is 0 Å². The van der Waals surface area contributed by atoms with Gasteiger partial charge in [0.15, 0.2) is 11.6 Å². The minimum absolute atomic E-state index is 0.270. The summed E-state index contributed by atoms with van der Waals surface area (Å²) < 4.78 is 33.8. The normalized spacial score (nSPS) is 12.7. The van der Waals surface area contributed by atoms with Crippen molar-refractivity contribution in [2.24, 2.45) is 0 Å². The summed E-state index contributed by atoms with van der Waals surface area (Å²) in [6.07, 6.45) is 1.60. The average Bonchev–Trinajstić information content (AvgIpc) is 2.78. The molecule has 6 heteroatoms. The van der Waals surface area contributed by atoms with E-state index in [0.717, 1.165) is 23.9 Å². The third-order valence-corrected chi connectivity index (χ3v) is 2.73. The molecule has 0 aliphatic heterocycles. The van der Waals surface area contributed by atoms with Gasteiger partial charge in [-0.2, -0.15) is 8.75 Å². The van der Waals surface area contributed by atoms with Crippen LogP contribution in [0.4, 0.5) is 8.78 Å². The summed E-state index contributed by atoms with van der Waals surface area (Å²) in [6, 6.07) is 3.53. The molecule has 1 heterocycles. The molecule has 1 atom stereocenters. The van der Waals surface area contributed by atoms with E-state index in [0.29, 0.717) is 11.3 Å². The molecular formula is C10H9F2N3S. The van der Waals surface area contributed by atoms with Crippen LogP contribution in [0.15, 0.2) is 24.4 Å². The molecule has 0 saturated heterocycles. The number of nitrogens with one attached hydrogen (secondary N) is 1. The fraction of sp³-hybridized carbons (Fsp3) is 0.200. The molecule has 0 saturated carbocycles. The Balaban J connectivity index is 2.37. The lowest BCUT2D eigenvalue weighted by atomic mass is 10.0. The molecule has 0 amide bonds. The van der Waals surface area contributed by atoms with E-state index in [9.17, 15) is 8.78 Å². The van der Waals surface area contributed by atoms with Crippen molar-refractivity contribution in [3.8, 4) is 0 Å². The van der Waals surface area contributed by atoms with E-state index >= 15 is 0 Å². The Morgan fingerprint density at radius 2 is 2.12 bits per heavy atom. The summed E-state index contributed by atoms with van der Waals surface area (Å²) in [5.74, 6) is -1.71. The molecule has 16 heavy (non-hydrogen) atoms. The van der Waals surface area contributed by atoms with Crippen LogP contribution in [-0.2, 0) is 0 Å². The Labute approximate surface area is 95.5 Å². The van der Waals surface area contributed by atoms with Crippen molar-refractivity contribution in [1.82, 2.24) is 14.1 Å². The van der Waals surface area contributed by atoms with E-state index in [1.54, 1.807) is 13.2 Å². The predicted octanol–water partition coefficient (Wildman–Crippen LogP) is 2.13. The van der Waals surface area contributed by atoms with E-state index in [-0.39, 0.29) is 6.04 Å². The van der Waals surface area contributed by atoms with Gasteiger partial charge in [-0.05, 0) is 24.7 Å². The molecule has 1 aromatic heterocycles. The SMILES string of the molecule is CNC(c1ccc(F)c(F)c1)c1cnsn1. The largest absolute Gasteiger partial charge is 0.308 e. The zero-order chi connectivity index (χ0) is 11.5. The van der Waals surface area contributed by atoms with Crippen molar-refractivity contribution in [1.29, 1.82) is 0 Å². The zero-order valence-electron chi connectivity index (χ0n) is 8.45. The lowest BCUT2D eigenvalue weighted by Crippen LogP contribution is -2.18. The number of aromatic nitrogens is 2. The van der Waals surface area contributed by atoms with Crippen LogP contribution in [0, 0.1) is 11.6 Å². The highest BCUT2D eigenvalue weighted by atomic mass is 32.1. The number of hydrogen-bond acceptors (Lipinski definition) is 4.